The Hall–Kier alpha value is -3.12. The molecular formula is C20H13NO4S. The minimum Gasteiger partial charge on any atom is -0.462 e. The fraction of sp³-hybridized carbons (Fsp3) is 0.0500. The molecule has 2 heterocycles. The number of benzene rings is 2. The highest BCUT2D eigenvalue weighted by molar-refractivity contribution is 8.18. The highest BCUT2D eigenvalue weighted by Crippen LogP contribution is 2.33. The molecule has 6 heteroatoms. The fourth-order valence-corrected chi connectivity index (χ4v) is 3.55. The number of furan rings is 1. The van der Waals surface area contributed by atoms with Gasteiger partial charge in [-0.25, -0.2) is 4.90 Å². The van der Waals surface area contributed by atoms with Crippen molar-refractivity contribution < 1.29 is 18.8 Å². The molecule has 5 nitrogen and oxygen atoms in total. The van der Waals surface area contributed by atoms with Crippen LogP contribution < -0.4 is 0 Å². The zero-order chi connectivity index (χ0) is 18.3. The van der Waals surface area contributed by atoms with Crippen molar-refractivity contribution in [3.63, 3.8) is 0 Å². The molecule has 2 aromatic carbocycles. The summed E-state index contributed by atoms with van der Waals surface area (Å²) < 4.78 is 5.40. The molecule has 1 aromatic heterocycles. The van der Waals surface area contributed by atoms with Crippen molar-refractivity contribution in [2.45, 2.75) is 6.92 Å². The van der Waals surface area contributed by atoms with Crippen molar-refractivity contribution in [3.8, 4) is 0 Å². The second-order valence-corrected chi connectivity index (χ2v) is 6.83. The first-order valence-electron chi connectivity index (χ1n) is 7.90. The van der Waals surface area contributed by atoms with Crippen LogP contribution in [0, 0.1) is 6.92 Å². The zero-order valence-electron chi connectivity index (χ0n) is 13.8. The minimum atomic E-state index is -0.632. The molecule has 0 N–H and O–H groups in total. The topological polar surface area (TPSA) is 67.6 Å². The summed E-state index contributed by atoms with van der Waals surface area (Å²) in [4.78, 5) is 38.4. The molecule has 0 radical (unpaired) electrons. The van der Waals surface area contributed by atoms with Gasteiger partial charge in [-0.05, 0) is 53.7 Å². The largest absolute Gasteiger partial charge is 0.462 e. The Morgan fingerprint density at radius 1 is 1.04 bits per heavy atom. The maximum atomic E-state index is 12.7. The average Bonchev–Trinajstić information content (AvgIpc) is 3.17. The number of nitrogens with zero attached hydrogens (tertiary/aromatic N) is 1. The number of hydrogen-bond acceptors (Lipinski definition) is 5. The number of imide groups is 3. The molecule has 26 heavy (non-hydrogen) atoms. The van der Waals surface area contributed by atoms with Gasteiger partial charge in [0.2, 0.25) is 0 Å². The van der Waals surface area contributed by atoms with E-state index < -0.39 is 17.1 Å². The van der Waals surface area contributed by atoms with Gasteiger partial charge in [0.15, 0.2) is 0 Å². The summed E-state index contributed by atoms with van der Waals surface area (Å²) >= 11 is 0.730. The summed E-state index contributed by atoms with van der Waals surface area (Å²) in [7, 11) is 0. The van der Waals surface area contributed by atoms with Crippen LogP contribution in [0.15, 0.2) is 63.9 Å². The standard InChI is InChI=1S/C20H13NO4S/c1-12-6-9-16(25-12)11-17-19(23)21(20(24)26-17)18(22)15-8-7-13-4-2-3-5-14(13)10-15/h2-11H,1H3/b17-11-. The molecule has 0 bridgehead atoms. The lowest BCUT2D eigenvalue weighted by Gasteiger charge is -2.11. The number of carbonyl (C=O) groups excluding carboxylic acids is 3. The van der Waals surface area contributed by atoms with E-state index in [1.54, 1.807) is 37.3 Å². The molecule has 4 rings (SSSR count). The van der Waals surface area contributed by atoms with Crippen LogP contribution in [0.1, 0.15) is 21.9 Å². The lowest BCUT2D eigenvalue weighted by Crippen LogP contribution is -2.34. The van der Waals surface area contributed by atoms with Crippen LogP contribution in [-0.2, 0) is 4.79 Å². The van der Waals surface area contributed by atoms with E-state index in [-0.39, 0.29) is 4.91 Å². The molecule has 0 saturated carbocycles. The third-order valence-corrected chi connectivity index (χ3v) is 4.90. The average molecular weight is 363 g/mol. The molecule has 0 atom stereocenters. The number of hydrogen-bond donors (Lipinski definition) is 0. The Kier molecular flexibility index (Phi) is 3.97. The summed E-state index contributed by atoms with van der Waals surface area (Å²) in [5.41, 5.74) is 0.293. The van der Waals surface area contributed by atoms with E-state index in [1.165, 1.54) is 6.08 Å². The molecule has 0 aliphatic carbocycles. The zero-order valence-corrected chi connectivity index (χ0v) is 14.6. The molecule has 1 fully saturated rings. The van der Waals surface area contributed by atoms with Gasteiger partial charge in [0, 0.05) is 11.6 Å². The third-order valence-electron chi connectivity index (χ3n) is 4.03. The number of carbonyl (C=O) groups is 3. The second-order valence-electron chi connectivity index (χ2n) is 5.83. The van der Waals surface area contributed by atoms with Gasteiger partial charge in [-0.15, -0.1) is 0 Å². The molecule has 1 aliphatic heterocycles. The number of aryl methyl sites for hydroxylation is 1. The van der Waals surface area contributed by atoms with Crippen LogP contribution in [0.25, 0.3) is 16.8 Å². The van der Waals surface area contributed by atoms with E-state index in [1.807, 2.05) is 24.3 Å². The van der Waals surface area contributed by atoms with E-state index in [9.17, 15) is 14.4 Å². The van der Waals surface area contributed by atoms with Crippen molar-refractivity contribution in [2.24, 2.45) is 0 Å². The third kappa shape index (κ3) is 2.84. The van der Waals surface area contributed by atoms with Gasteiger partial charge >= 0.3 is 5.24 Å². The molecule has 1 saturated heterocycles. The number of fused-ring (bicyclic) bond motifs is 1. The van der Waals surface area contributed by atoms with Gasteiger partial charge in [0.05, 0.1) is 4.91 Å². The van der Waals surface area contributed by atoms with Crippen molar-refractivity contribution in [1.82, 2.24) is 4.90 Å². The number of amides is 3. The van der Waals surface area contributed by atoms with Gasteiger partial charge < -0.3 is 4.42 Å². The molecule has 0 spiro atoms. The van der Waals surface area contributed by atoms with Crippen LogP contribution in [-0.4, -0.2) is 22.0 Å². The quantitative estimate of drug-likeness (QED) is 0.491. The summed E-state index contributed by atoms with van der Waals surface area (Å²) in [5.74, 6) is -0.0987. The maximum Gasteiger partial charge on any atom is 0.300 e. The Labute approximate surface area is 153 Å². The van der Waals surface area contributed by atoms with Gasteiger partial charge in [0.25, 0.3) is 11.8 Å². The highest BCUT2D eigenvalue weighted by atomic mass is 32.2. The SMILES string of the molecule is Cc1ccc(/C=C2\SC(=O)N(C(=O)c3ccc4ccccc4c3)C2=O)o1. The lowest BCUT2D eigenvalue weighted by molar-refractivity contribution is -0.120. The summed E-state index contributed by atoms with van der Waals surface area (Å²) in [6, 6.07) is 16.1. The van der Waals surface area contributed by atoms with E-state index in [2.05, 4.69) is 0 Å². The van der Waals surface area contributed by atoms with E-state index in [0.29, 0.717) is 22.0 Å². The van der Waals surface area contributed by atoms with Gasteiger partial charge in [-0.1, -0.05) is 30.3 Å². The van der Waals surface area contributed by atoms with Crippen LogP contribution in [0.2, 0.25) is 0 Å². The smallest absolute Gasteiger partial charge is 0.300 e. The summed E-state index contributed by atoms with van der Waals surface area (Å²) in [5, 5.41) is 1.24. The molecule has 0 unspecified atom stereocenters. The predicted octanol–water partition coefficient (Wildman–Crippen LogP) is 4.62. The summed E-state index contributed by atoms with van der Waals surface area (Å²) in [6.07, 6.45) is 1.48. The summed E-state index contributed by atoms with van der Waals surface area (Å²) in [6.45, 7) is 1.78. The van der Waals surface area contributed by atoms with Gasteiger partial charge in [-0.3, -0.25) is 14.4 Å². The number of rotatable bonds is 2. The van der Waals surface area contributed by atoms with E-state index in [0.717, 1.165) is 22.5 Å². The Bertz CT molecular complexity index is 1100. The van der Waals surface area contributed by atoms with E-state index in [4.69, 9.17) is 4.42 Å². The fourth-order valence-electron chi connectivity index (χ4n) is 2.75. The lowest BCUT2D eigenvalue weighted by atomic mass is 10.1. The highest BCUT2D eigenvalue weighted by Gasteiger charge is 2.40. The number of thioether (sulfide) groups is 1. The van der Waals surface area contributed by atoms with Crippen molar-refractivity contribution in [2.75, 3.05) is 0 Å². The van der Waals surface area contributed by atoms with Crippen LogP contribution >= 0.6 is 11.8 Å². The molecular weight excluding hydrogens is 350 g/mol. The Morgan fingerprint density at radius 3 is 2.54 bits per heavy atom. The minimum absolute atomic E-state index is 0.165. The second kappa shape index (κ2) is 6.31. The van der Waals surface area contributed by atoms with Crippen molar-refractivity contribution in [3.05, 3.63) is 76.6 Å². The molecule has 3 amide bonds. The first-order valence-corrected chi connectivity index (χ1v) is 8.72. The molecule has 128 valence electrons. The first-order chi connectivity index (χ1) is 12.5. The maximum absolute atomic E-state index is 12.7. The monoisotopic (exact) mass is 363 g/mol. The van der Waals surface area contributed by atoms with Crippen LogP contribution in [0.5, 0.6) is 0 Å². The Morgan fingerprint density at radius 2 is 1.81 bits per heavy atom. The van der Waals surface area contributed by atoms with Crippen molar-refractivity contribution in [1.29, 1.82) is 0 Å². The molecule has 3 aromatic rings. The van der Waals surface area contributed by atoms with Gasteiger partial charge in [-0.2, -0.15) is 0 Å². The van der Waals surface area contributed by atoms with Crippen molar-refractivity contribution >= 4 is 45.7 Å². The predicted molar refractivity (Wildman–Crippen MR) is 99.5 cm³/mol. The first kappa shape index (κ1) is 16.4. The van der Waals surface area contributed by atoms with Crippen LogP contribution in [0.3, 0.4) is 0 Å². The van der Waals surface area contributed by atoms with Gasteiger partial charge in [0.1, 0.15) is 11.5 Å². The van der Waals surface area contributed by atoms with E-state index >= 15 is 0 Å². The Balaban J connectivity index is 1.65. The molecule has 1 aliphatic rings. The van der Waals surface area contributed by atoms with Crippen LogP contribution in [0.4, 0.5) is 4.79 Å². The normalized spacial score (nSPS) is 16.0.